The summed E-state index contributed by atoms with van der Waals surface area (Å²) in [6.07, 6.45) is 6.83. The zero-order valence-corrected chi connectivity index (χ0v) is 12.5. The minimum atomic E-state index is 0.637. The molecule has 1 saturated heterocycles. The number of imidazole rings is 1. The van der Waals surface area contributed by atoms with Gasteiger partial charge in [-0.3, -0.25) is 4.90 Å². The topological polar surface area (TPSA) is 34.0 Å². The Bertz CT molecular complexity index is 575. The van der Waals surface area contributed by atoms with Crippen LogP contribution < -0.4 is 0 Å². The summed E-state index contributed by atoms with van der Waals surface area (Å²) in [4.78, 5) is 11.9. The van der Waals surface area contributed by atoms with Gasteiger partial charge < -0.3 is 4.57 Å². The smallest absolute Gasteiger partial charge is 0.160 e. The highest BCUT2D eigenvalue weighted by Gasteiger charge is 2.23. The van der Waals surface area contributed by atoms with Gasteiger partial charge in [-0.2, -0.15) is 0 Å². The quantitative estimate of drug-likeness (QED) is 0.858. The zero-order chi connectivity index (χ0) is 13.9. The van der Waals surface area contributed by atoms with Crippen LogP contribution in [0.4, 0.5) is 0 Å². The van der Waals surface area contributed by atoms with E-state index in [2.05, 4.69) is 34.4 Å². The fourth-order valence-electron chi connectivity index (χ4n) is 3.36. The number of pyridine rings is 1. The van der Waals surface area contributed by atoms with Gasteiger partial charge in [0.2, 0.25) is 0 Å². The molecule has 0 aliphatic carbocycles. The Kier molecular flexibility index (Phi) is 4.01. The number of piperidine rings is 1. The molecule has 4 heteroatoms. The summed E-state index contributed by atoms with van der Waals surface area (Å²) in [6, 6.07) is 4.67. The number of hydrogen-bond donors (Lipinski definition) is 0. The third kappa shape index (κ3) is 2.44. The van der Waals surface area contributed by atoms with Crippen LogP contribution in [0.3, 0.4) is 0 Å². The van der Waals surface area contributed by atoms with Gasteiger partial charge >= 0.3 is 0 Å². The van der Waals surface area contributed by atoms with Crippen molar-refractivity contribution in [1.29, 1.82) is 0 Å². The summed E-state index contributed by atoms with van der Waals surface area (Å²) >= 11 is 0. The molecule has 0 saturated carbocycles. The van der Waals surface area contributed by atoms with E-state index in [9.17, 15) is 0 Å². The maximum atomic E-state index is 4.73. The van der Waals surface area contributed by atoms with Gasteiger partial charge in [-0.25, -0.2) is 9.97 Å². The molecule has 0 aromatic carbocycles. The molecule has 1 atom stereocenters. The second-order valence-electron chi connectivity index (χ2n) is 5.62. The van der Waals surface area contributed by atoms with E-state index in [-0.39, 0.29) is 0 Å². The van der Waals surface area contributed by atoms with Crippen LogP contribution in [0.5, 0.6) is 0 Å². The van der Waals surface area contributed by atoms with Crippen LogP contribution >= 0.6 is 0 Å². The summed E-state index contributed by atoms with van der Waals surface area (Å²) in [5, 5.41) is 0. The number of aryl methyl sites for hydroxylation is 1. The molecule has 0 N–H and O–H groups in total. The van der Waals surface area contributed by atoms with Gasteiger partial charge in [-0.05, 0) is 38.1 Å². The number of aromatic nitrogens is 3. The standard InChI is InChI=1S/C16H24N4/c1-3-15-18-14-9-7-10-17-16(14)20(15)12-13-8-5-6-11-19(13)4-2/h7,9-10,13H,3-6,8,11-12H2,1-2H3. The summed E-state index contributed by atoms with van der Waals surface area (Å²) in [5.41, 5.74) is 2.08. The second kappa shape index (κ2) is 5.92. The second-order valence-corrected chi connectivity index (χ2v) is 5.62. The first kappa shape index (κ1) is 13.6. The highest BCUT2D eigenvalue weighted by Crippen LogP contribution is 2.21. The molecule has 0 amide bonds. The van der Waals surface area contributed by atoms with E-state index in [0.717, 1.165) is 30.7 Å². The molecule has 1 aliphatic rings. The van der Waals surface area contributed by atoms with Gasteiger partial charge in [0, 0.05) is 25.2 Å². The van der Waals surface area contributed by atoms with Gasteiger partial charge in [0.15, 0.2) is 5.65 Å². The number of nitrogens with zero attached hydrogens (tertiary/aromatic N) is 4. The Labute approximate surface area is 120 Å². The molecule has 0 radical (unpaired) electrons. The molecular formula is C16H24N4. The Morgan fingerprint density at radius 3 is 3.00 bits per heavy atom. The van der Waals surface area contributed by atoms with Crippen LogP contribution in [0.25, 0.3) is 11.2 Å². The predicted molar refractivity (Wildman–Crippen MR) is 81.8 cm³/mol. The summed E-state index contributed by atoms with van der Waals surface area (Å²) < 4.78 is 2.34. The van der Waals surface area contributed by atoms with E-state index in [1.165, 1.54) is 31.6 Å². The largest absolute Gasteiger partial charge is 0.311 e. The zero-order valence-electron chi connectivity index (χ0n) is 12.5. The summed E-state index contributed by atoms with van der Waals surface area (Å²) in [5.74, 6) is 1.17. The molecule has 3 heterocycles. The maximum Gasteiger partial charge on any atom is 0.160 e. The monoisotopic (exact) mass is 272 g/mol. The van der Waals surface area contributed by atoms with Gasteiger partial charge in [0.05, 0.1) is 0 Å². The van der Waals surface area contributed by atoms with Crippen LogP contribution in [-0.4, -0.2) is 38.6 Å². The molecule has 1 fully saturated rings. The lowest BCUT2D eigenvalue weighted by Crippen LogP contribution is -2.42. The number of fused-ring (bicyclic) bond motifs is 1. The SMILES string of the molecule is CCc1nc2cccnc2n1CC1CCCCN1CC. The minimum Gasteiger partial charge on any atom is -0.311 e. The van der Waals surface area contributed by atoms with Crippen LogP contribution in [0.2, 0.25) is 0 Å². The van der Waals surface area contributed by atoms with E-state index in [1.807, 2.05) is 12.3 Å². The molecule has 1 unspecified atom stereocenters. The first-order valence-electron chi connectivity index (χ1n) is 7.87. The first-order valence-corrected chi connectivity index (χ1v) is 7.87. The average Bonchev–Trinajstić information content (AvgIpc) is 2.86. The van der Waals surface area contributed by atoms with Crippen molar-refractivity contribution in [2.24, 2.45) is 0 Å². The Balaban J connectivity index is 1.92. The van der Waals surface area contributed by atoms with Crippen LogP contribution in [-0.2, 0) is 13.0 Å². The fraction of sp³-hybridized carbons (Fsp3) is 0.625. The van der Waals surface area contributed by atoms with Crippen molar-refractivity contribution in [2.45, 2.75) is 52.1 Å². The van der Waals surface area contributed by atoms with Crippen molar-refractivity contribution >= 4 is 11.2 Å². The summed E-state index contributed by atoms with van der Waals surface area (Å²) in [7, 11) is 0. The number of hydrogen-bond acceptors (Lipinski definition) is 3. The fourth-order valence-corrected chi connectivity index (χ4v) is 3.36. The van der Waals surface area contributed by atoms with Crippen molar-refractivity contribution in [3.63, 3.8) is 0 Å². The van der Waals surface area contributed by atoms with Crippen molar-refractivity contribution < 1.29 is 0 Å². The van der Waals surface area contributed by atoms with Crippen molar-refractivity contribution in [3.8, 4) is 0 Å². The third-order valence-corrected chi connectivity index (χ3v) is 4.45. The Morgan fingerprint density at radius 2 is 2.20 bits per heavy atom. The van der Waals surface area contributed by atoms with Crippen molar-refractivity contribution in [1.82, 2.24) is 19.4 Å². The molecule has 0 bridgehead atoms. The Hall–Kier alpha value is -1.42. The van der Waals surface area contributed by atoms with E-state index >= 15 is 0 Å². The van der Waals surface area contributed by atoms with Crippen LogP contribution in [0, 0.1) is 0 Å². The van der Waals surface area contributed by atoms with Gasteiger partial charge in [0.25, 0.3) is 0 Å². The van der Waals surface area contributed by atoms with Crippen molar-refractivity contribution in [2.75, 3.05) is 13.1 Å². The molecule has 3 rings (SSSR count). The molecule has 2 aromatic rings. The third-order valence-electron chi connectivity index (χ3n) is 4.45. The van der Waals surface area contributed by atoms with E-state index in [4.69, 9.17) is 4.98 Å². The lowest BCUT2D eigenvalue weighted by atomic mass is 10.0. The predicted octanol–water partition coefficient (Wildman–Crippen LogP) is 2.87. The highest BCUT2D eigenvalue weighted by molar-refractivity contribution is 5.71. The minimum absolute atomic E-state index is 0.637. The lowest BCUT2D eigenvalue weighted by molar-refractivity contribution is 0.140. The van der Waals surface area contributed by atoms with Gasteiger partial charge in [0.1, 0.15) is 11.3 Å². The summed E-state index contributed by atoms with van der Waals surface area (Å²) in [6.45, 7) is 7.86. The van der Waals surface area contributed by atoms with Gasteiger partial charge in [-0.15, -0.1) is 0 Å². The maximum absolute atomic E-state index is 4.73. The van der Waals surface area contributed by atoms with E-state index < -0.39 is 0 Å². The molecule has 4 nitrogen and oxygen atoms in total. The lowest BCUT2D eigenvalue weighted by Gasteiger charge is -2.35. The number of likely N-dealkylation sites (tertiary alicyclic amines) is 1. The number of likely N-dealkylation sites (N-methyl/N-ethyl adjacent to an activating group) is 1. The van der Waals surface area contributed by atoms with Gasteiger partial charge in [-0.1, -0.05) is 20.3 Å². The van der Waals surface area contributed by atoms with E-state index in [1.54, 1.807) is 0 Å². The molecule has 20 heavy (non-hydrogen) atoms. The van der Waals surface area contributed by atoms with E-state index in [0.29, 0.717) is 6.04 Å². The van der Waals surface area contributed by atoms with Crippen molar-refractivity contribution in [3.05, 3.63) is 24.2 Å². The molecular weight excluding hydrogens is 248 g/mol. The molecule has 2 aromatic heterocycles. The molecule has 1 aliphatic heterocycles. The normalized spacial score (nSPS) is 20.6. The Morgan fingerprint density at radius 1 is 1.30 bits per heavy atom. The van der Waals surface area contributed by atoms with Crippen LogP contribution in [0.15, 0.2) is 18.3 Å². The number of rotatable bonds is 4. The molecule has 0 spiro atoms. The highest BCUT2D eigenvalue weighted by atomic mass is 15.2. The molecule has 108 valence electrons. The first-order chi connectivity index (χ1) is 9.83. The van der Waals surface area contributed by atoms with Crippen LogP contribution in [0.1, 0.15) is 38.9 Å². The average molecular weight is 272 g/mol.